The maximum atomic E-state index is 12.4. The van der Waals surface area contributed by atoms with Crippen molar-refractivity contribution in [3.63, 3.8) is 0 Å². The fraction of sp³-hybridized carbons (Fsp3) is 0.438. The number of nitrogens with one attached hydrogen (secondary N) is 1. The van der Waals surface area contributed by atoms with Crippen molar-refractivity contribution in [1.29, 1.82) is 0 Å². The van der Waals surface area contributed by atoms with Crippen LogP contribution >= 0.6 is 15.9 Å². The summed E-state index contributed by atoms with van der Waals surface area (Å²) in [4.78, 5) is 39.9. The van der Waals surface area contributed by atoms with E-state index in [1.165, 1.54) is 11.7 Å². The molecule has 9 nitrogen and oxygen atoms in total. The zero-order chi connectivity index (χ0) is 18.3. The summed E-state index contributed by atoms with van der Waals surface area (Å²) in [5.41, 5.74) is 0.850. The van der Waals surface area contributed by atoms with E-state index >= 15 is 0 Å². The molecule has 136 valence electrons. The van der Waals surface area contributed by atoms with E-state index in [0.717, 1.165) is 25.7 Å². The standard InChI is InChI=1S/C16H17BrN6O3/c1-26-16(25)22-7-6-18-13(22)9-2-4-10(5-3-9)23-14-12(21-15(23)24)19-8-11(17)20-14/h6-10H,2-5H2,1H3,(H,19,21,24)/t9-,10-. The first-order valence-electron chi connectivity index (χ1n) is 8.32. The van der Waals surface area contributed by atoms with E-state index in [4.69, 9.17) is 4.74 Å². The second kappa shape index (κ2) is 6.67. The van der Waals surface area contributed by atoms with E-state index in [-0.39, 0.29) is 17.6 Å². The van der Waals surface area contributed by atoms with Crippen molar-refractivity contribution in [3.05, 3.63) is 39.5 Å². The number of imidazole rings is 2. The third-order valence-corrected chi connectivity index (χ3v) is 5.25. The van der Waals surface area contributed by atoms with E-state index in [0.29, 0.717) is 21.7 Å². The minimum absolute atomic E-state index is 0.0395. The lowest BCUT2D eigenvalue weighted by atomic mass is 9.85. The zero-order valence-electron chi connectivity index (χ0n) is 14.1. The number of hydrogen-bond acceptors (Lipinski definition) is 6. The van der Waals surface area contributed by atoms with Gasteiger partial charge in [0.05, 0.1) is 13.3 Å². The first-order valence-corrected chi connectivity index (χ1v) is 9.12. The number of hydrogen-bond donors (Lipinski definition) is 1. The van der Waals surface area contributed by atoms with Crippen LogP contribution in [0.3, 0.4) is 0 Å². The molecule has 0 unspecified atom stereocenters. The van der Waals surface area contributed by atoms with Crippen molar-refractivity contribution >= 4 is 33.3 Å². The molecule has 0 atom stereocenters. The van der Waals surface area contributed by atoms with Gasteiger partial charge in [-0.1, -0.05) is 0 Å². The Balaban J connectivity index is 1.57. The van der Waals surface area contributed by atoms with Crippen LogP contribution in [0.4, 0.5) is 4.79 Å². The first-order chi connectivity index (χ1) is 12.6. The summed E-state index contributed by atoms with van der Waals surface area (Å²) in [6.45, 7) is 0. The maximum Gasteiger partial charge on any atom is 0.419 e. The number of H-pyrrole nitrogens is 1. The van der Waals surface area contributed by atoms with Crippen LogP contribution in [0.2, 0.25) is 0 Å². The van der Waals surface area contributed by atoms with Gasteiger partial charge in [-0.3, -0.25) is 9.55 Å². The number of fused-ring (bicyclic) bond motifs is 1. The van der Waals surface area contributed by atoms with Gasteiger partial charge in [-0.15, -0.1) is 0 Å². The lowest BCUT2D eigenvalue weighted by molar-refractivity contribution is 0.170. The molecule has 4 rings (SSSR count). The monoisotopic (exact) mass is 420 g/mol. The summed E-state index contributed by atoms with van der Waals surface area (Å²) >= 11 is 3.31. The predicted octanol–water partition coefficient (Wildman–Crippen LogP) is 2.59. The summed E-state index contributed by atoms with van der Waals surface area (Å²) < 4.78 is 8.53. The Morgan fingerprint density at radius 3 is 2.81 bits per heavy atom. The molecule has 3 aromatic heterocycles. The Bertz CT molecular complexity index is 1010. The molecule has 0 aliphatic heterocycles. The SMILES string of the molecule is COC(=O)n1ccnc1[C@H]1CC[C@H](n2c(=O)[nH]c3ncc(Br)nc32)CC1. The molecule has 26 heavy (non-hydrogen) atoms. The number of carbonyl (C=O) groups is 1. The van der Waals surface area contributed by atoms with Crippen molar-refractivity contribution in [2.24, 2.45) is 0 Å². The van der Waals surface area contributed by atoms with Gasteiger partial charge in [0.15, 0.2) is 11.3 Å². The van der Waals surface area contributed by atoms with Crippen LogP contribution in [0.1, 0.15) is 43.5 Å². The molecular formula is C16H17BrN6O3. The van der Waals surface area contributed by atoms with Crippen LogP contribution < -0.4 is 5.69 Å². The van der Waals surface area contributed by atoms with E-state index in [9.17, 15) is 9.59 Å². The second-order valence-electron chi connectivity index (χ2n) is 6.30. The van der Waals surface area contributed by atoms with E-state index in [1.807, 2.05) is 0 Å². The van der Waals surface area contributed by atoms with E-state index in [1.54, 1.807) is 23.2 Å². The normalized spacial score (nSPS) is 20.4. The number of nitrogens with zero attached hydrogens (tertiary/aromatic N) is 5. The van der Waals surface area contributed by atoms with Crippen molar-refractivity contribution in [2.75, 3.05) is 7.11 Å². The van der Waals surface area contributed by atoms with Gasteiger partial charge in [0.2, 0.25) is 0 Å². The second-order valence-corrected chi connectivity index (χ2v) is 7.11. The third kappa shape index (κ3) is 2.83. The Morgan fingerprint density at radius 1 is 1.31 bits per heavy atom. The number of rotatable bonds is 2. The van der Waals surface area contributed by atoms with E-state index < -0.39 is 6.09 Å². The van der Waals surface area contributed by atoms with Crippen LogP contribution in [0.5, 0.6) is 0 Å². The van der Waals surface area contributed by atoms with Gasteiger partial charge < -0.3 is 4.74 Å². The van der Waals surface area contributed by atoms with Crippen LogP contribution in [0.25, 0.3) is 11.3 Å². The molecule has 0 radical (unpaired) electrons. The van der Waals surface area contributed by atoms with E-state index in [2.05, 4.69) is 35.9 Å². The average molecular weight is 421 g/mol. The molecular weight excluding hydrogens is 404 g/mol. The lowest BCUT2D eigenvalue weighted by Crippen LogP contribution is -2.27. The molecule has 1 aliphatic rings. The summed E-state index contributed by atoms with van der Waals surface area (Å²) in [5, 5.41) is 0. The van der Waals surface area contributed by atoms with Gasteiger partial charge in [-0.2, -0.15) is 0 Å². The molecule has 1 saturated carbocycles. The average Bonchev–Trinajstić information content (AvgIpc) is 3.25. The smallest absolute Gasteiger partial charge is 0.419 e. The molecule has 10 heteroatoms. The van der Waals surface area contributed by atoms with Gasteiger partial charge in [-0.25, -0.2) is 29.1 Å². The minimum Gasteiger partial charge on any atom is -0.452 e. The van der Waals surface area contributed by atoms with Crippen LogP contribution in [0.15, 0.2) is 28.0 Å². The minimum atomic E-state index is -0.437. The molecule has 0 bridgehead atoms. The molecule has 1 fully saturated rings. The van der Waals surface area contributed by atoms with Crippen LogP contribution in [0, 0.1) is 0 Å². The van der Waals surface area contributed by atoms with Gasteiger partial charge >= 0.3 is 11.8 Å². The number of ether oxygens (including phenoxy) is 1. The molecule has 1 N–H and O–H groups in total. The summed E-state index contributed by atoms with van der Waals surface area (Å²) in [6.07, 6.45) is 7.57. The quantitative estimate of drug-likeness (QED) is 0.682. The van der Waals surface area contributed by atoms with Gasteiger partial charge in [0, 0.05) is 24.4 Å². The van der Waals surface area contributed by atoms with Crippen molar-refractivity contribution in [2.45, 2.75) is 37.6 Å². The van der Waals surface area contributed by atoms with Gasteiger partial charge in [0.1, 0.15) is 10.4 Å². The van der Waals surface area contributed by atoms with Crippen molar-refractivity contribution < 1.29 is 9.53 Å². The molecule has 3 aromatic rings. The zero-order valence-corrected chi connectivity index (χ0v) is 15.6. The third-order valence-electron chi connectivity index (χ3n) is 4.86. The Morgan fingerprint density at radius 2 is 2.08 bits per heavy atom. The number of carbonyl (C=O) groups excluding carboxylic acids is 1. The summed E-state index contributed by atoms with van der Waals surface area (Å²) in [7, 11) is 1.35. The highest BCUT2D eigenvalue weighted by atomic mass is 79.9. The van der Waals surface area contributed by atoms with Crippen LogP contribution in [-0.4, -0.2) is 42.3 Å². The molecule has 1 aliphatic carbocycles. The fourth-order valence-corrected chi connectivity index (χ4v) is 3.94. The largest absolute Gasteiger partial charge is 0.452 e. The summed E-state index contributed by atoms with van der Waals surface area (Å²) in [6, 6.07) is 0.0395. The fourth-order valence-electron chi connectivity index (χ4n) is 3.67. The maximum absolute atomic E-state index is 12.4. The Kier molecular flexibility index (Phi) is 4.35. The lowest BCUT2D eigenvalue weighted by Gasteiger charge is -2.28. The molecule has 0 aromatic carbocycles. The number of halogens is 1. The number of aromatic nitrogens is 6. The van der Waals surface area contributed by atoms with Crippen molar-refractivity contribution in [3.8, 4) is 0 Å². The highest BCUT2D eigenvalue weighted by Gasteiger charge is 2.29. The van der Waals surface area contributed by atoms with Crippen molar-refractivity contribution in [1.82, 2.24) is 29.1 Å². The molecule has 0 saturated heterocycles. The molecule has 0 spiro atoms. The predicted molar refractivity (Wildman–Crippen MR) is 96.1 cm³/mol. The molecule has 3 heterocycles. The first kappa shape index (κ1) is 17.0. The number of methoxy groups -OCH3 is 1. The Labute approximate surface area is 156 Å². The topological polar surface area (TPSA) is 108 Å². The highest BCUT2D eigenvalue weighted by Crippen LogP contribution is 2.37. The molecule has 0 amide bonds. The highest BCUT2D eigenvalue weighted by molar-refractivity contribution is 9.10. The number of aromatic amines is 1. The van der Waals surface area contributed by atoms with Gasteiger partial charge in [-0.05, 0) is 41.6 Å². The van der Waals surface area contributed by atoms with Crippen LogP contribution in [-0.2, 0) is 4.74 Å². The Hall–Kier alpha value is -2.49. The van der Waals surface area contributed by atoms with Gasteiger partial charge in [0.25, 0.3) is 0 Å². The summed E-state index contributed by atoms with van der Waals surface area (Å²) in [5.74, 6) is 0.864.